The number of halogens is 3. The van der Waals surface area contributed by atoms with Gasteiger partial charge in [0.05, 0.1) is 10.6 Å². The molecule has 2 aliphatic carbocycles. The number of aromatic carboxylic acids is 1. The summed E-state index contributed by atoms with van der Waals surface area (Å²) in [4.78, 5) is 24.3. The maximum absolute atomic E-state index is 13.9. The van der Waals surface area contributed by atoms with E-state index >= 15 is 0 Å². The van der Waals surface area contributed by atoms with Gasteiger partial charge in [-0.15, -0.1) is 0 Å². The van der Waals surface area contributed by atoms with Crippen molar-refractivity contribution in [2.24, 2.45) is 0 Å². The molecule has 0 aliphatic heterocycles. The number of allylic oxidation sites excluding steroid dienone is 2. The van der Waals surface area contributed by atoms with E-state index in [9.17, 15) is 19.1 Å². The lowest BCUT2D eigenvalue weighted by atomic mass is 10.0. The number of carbonyl (C=O) groups excluding carboxylic acids is 1. The predicted octanol–water partition coefficient (Wildman–Crippen LogP) is 7.69. The summed E-state index contributed by atoms with van der Waals surface area (Å²) in [5.74, 6) is -1.45. The average molecular weight is 511 g/mol. The smallest absolute Gasteiger partial charge is 0.335 e. The zero-order valence-corrected chi connectivity index (χ0v) is 20.2. The van der Waals surface area contributed by atoms with Crippen LogP contribution in [0.4, 0.5) is 4.39 Å². The van der Waals surface area contributed by atoms with E-state index < -0.39 is 11.8 Å². The van der Waals surface area contributed by atoms with Crippen molar-refractivity contribution in [1.82, 2.24) is 0 Å². The number of ether oxygens (including phenoxy) is 1. The van der Waals surface area contributed by atoms with Crippen molar-refractivity contribution in [3.63, 3.8) is 0 Å². The van der Waals surface area contributed by atoms with E-state index in [1.54, 1.807) is 24.3 Å². The topological polar surface area (TPSA) is 63.6 Å². The molecule has 0 spiro atoms. The molecule has 0 radical (unpaired) electrons. The lowest BCUT2D eigenvalue weighted by Crippen LogP contribution is -2.01. The molecule has 2 aliphatic rings. The zero-order valence-electron chi connectivity index (χ0n) is 18.7. The quantitative estimate of drug-likeness (QED) is 0.357. The van der Waals surface area contributed by atoms with Crippen molar-refractivity contribution < 1.29 is 23.8 Å². The van der Waals surface area contributed by atoms with Crippen LogP contribution in [0.1, 0.15) is 57.5 Å². The number of carboxylic acids is 1. The van der Waals surface area contributed by atoms with Crippen molar-refractivity contribution in [1.29, 1.82) is 0 Å². The second kappa shape index (κ2) is 9.48. The summed E-state index contributed by atoms with van der Waals surface area (Å²) in [5, 5.41) is 9.63. The minimum absolute atomic E-state index is 0.0288. The van der Waals surface area contributed by atoms with Gasteiger partial charge in [-0.3, -0.25) is 4.79 Å². The van der Waals surface area contributed by atoms with Crippen LogP contribution >= 0.6 is 23.2 Å². The first-order chi connectivity index (χ1) is 16.8. The first-order valence-electron chi connectivity index (χ1n) is 11.3. The highest BCUT2D eigenvalue weighted by atomic mass is 35.5. The minimum Gasteiger partial charge on any atom is -0.487 e. The number of hydrogen-bond donors (Lipinski definition) is 1. The van der Waals surface area contributed by atoms with E-state index in [4.69, 9.17) is 27.9 Å². The van der Waals surface area contributed by atoms with E-state index in [1.165, 1.54) is 17.7 Å². The summed E-state index contributed by atoms with van der Waals surface area (Å²) < 4.78 is 19.9. The van der Waals surface area contributed by atoms with Crippen molar-refractivity contribution in [3.8, 4) is 16.9 Å². The van der Waals surface area contributed by atoms with Gasteiger partial charge in [-0.05, 0) is 78.3 Å². The third-order valence-electron chi connectivity index (χ3n) is 6.56. The predicted molar refractivity (Wildman–Crippen MR) is 133 cm³/mol. The SMILES string of the molecule is O=C(O)c1cc(F)cc(-c2cccc(COc3cc4c(c(Cl)c3Cl)C(=O)C(=C3CCCC3)C4)c2)c1. The number of benzene rings is 3. The van der Waals surface area contributed by atoms with Crippen LogP contribution in [-0.4, -0.2) is 16.9 Å². The fraction of sp³-hybridized carbons (Fsp3) is 0.214. The standard InChI is InChI=1S/C28H21Cl2FO4/c29-25-23(13-19-12-22(16-5-1-2-6-16)27(32)24(19)26(25)30)35-14-15-4-3-7-17(8-15)18-9-20(28(33)34)11-21(31)10-18/h3-4,7-11,13H,1-2,5-6,12,14H2,(H,33,34). The van der Waals surface area contributed by atoms with E-state index in [0.717, 1.165) is 48.4 Å². The highest BCUT2D eigenvalue weighted by molar-refractivity contribution is 6.45. The molecule has 7 heteroatoms. The van der Waals surface area contributed by atoms with Gasteiger partial charge in [0.1, 0.15) is 23.2 Å². The number of fused-ring (bicyclic) bond motifs is 1. The molecule has 0 amide bonds. The summed E-state index contributed by atoms with van der Waals surface area (Å²) in [6, 6.07) is 12.7. The molecule has 1 N–H and O–H groups in total. The van der Waals surface area contributed by atoms with Gasteiger partial charge in [-0.25, -0.2) is 9.18 Å². The van der Waals surface area contributed by atoms with E-state index in [-0.39, 0.29) is 28.0 Å². The summed E-state index contributed by atoms with van der Waals surface area (Å²) in [5.41, 5.74) is 5.13. The Morgan fingerprint density at radius 1 is 1.00 bits per heavy atom. The van der Waals surface area contributed by atoms with Crippen LogP contribution in [0.25, 0.3) is 11.1 Å². The van der Waals surface area contributed by atoms with E-state index in [2.05, 4.69) is 0 Å². The second-order valence-electron chi connectivity index (χ2n) is 8.85. The zero-order chi connectivity index (χ0) is 24.7. The fourth-order valence-corrected chi connectivity index (χ4v) is 5.34. The molecular weight excluding hydrogens is 490 g/mol. The van der Waals surface area contributed by atoms with Crippen molar-refractivity contribution in [2.45, 2.75) is 38.7 Å². The van der Waals surface area contributed by atoms with Crippen LogP contribution in [0.3, 0.4) is 0 Å². The number of hydrogen-bond acceptors (Lipinski definition) is 3. The molecule has 1 saturated carbocycles. The molecule has 3 aromatic rings. The number of carboxylic acid groups (broad SMARTS) is 1. The lowest BCUT2D eigenvalue weighted by Gasteiger charge is -2.13. The van der Waals surface area contributed by atoms with Gasteiger partial charge < -0.3 is 9.84 Å². The Bertz CT molecular complexity index is 1400. The Labute approximate surface area is 211 Å². The molecule has 35 heavy (non-hydrogen) atoms. The van der Waals surface area contributed by atoms with Crippen molar-refractivity contribution in [2.75, 3.05) is 0 Å². The van der Waals surface area contributed by atoms with Crippen molar-refractivity contribution in [3.05, 3.63) is 97.8 Å². The molecule has 4 nitrogen and oxygen atoms in total. The second-order valence-corrected chi connectivity index (χ2v) is 9.61. The Morgan fingerprint density at radius 2 is 1.77 bits per heavy atom. The molecule has 1 fully saturated rings. The molecule has 5 rings (SSSR count). The first-order valence-corrected chi connectivity index (χ1v) is 12.1. The maximum Gasteiger partial charge on any atom is 0.335 e. The van der Waals surface area contributed by atoms with Crippen LogP contribution in [0, 0.1) is 5.82 Å². The molecule has 3 aromatic carbocycles. The molecule has 0 saturated heterocycles. The van der Waals surface area contributed by atoms with Gasteiger partial charge in [0.15, 0.2) is 5.78 Å². The van der Waals surface area contributed by atoms with Crippen molar-refractivity contribution >= 4 is 35.0 Å². The number of Topliss-reactive ketones (excluding diaryl/α,β-unsaturated/α-hetero) is 1. The van der Waals surface area contributed by atoms with Crippen LogP contribution in [0.15, 0.2) is 59.7 Å². The van der Waals surface area contributed by atoms with Crippen LogP contribution in [-0.2, 0) is 13.0 Å². The molecular formula is C28H21Cl2FO4. The Balaban J connectivity index is 1.40. The molecule has 178 valence electrons. The van der Waals surface area contributed by atoms with Crippen LogP contribution in [0.5, 0.6) is 5.75 Å². The van der Waals surface area contributed by atoms with Gasteiger partial charge in [-0.2, -0.15) is 0 Å². The maximum atomic E-state index is 13.9. The Kier molecular flexibility index (Phi) is 6.39. The molecule has 0 unspecified atom stereocenters. The largest absolute Gasteiger partial charge is 0.487 e. The Hall–Kier alpha value is -3.15. The molecule has 0 bridgehead atoms. The Morgan fingerprint density at radius 3 is 2.51 bits per heavy atom. The van der Waals surface area contributed by atoms with Crippen LogP contribution in [0.2, 0.25) is 10.0 Å². The van der Waals surface area contributed by atoms with Gasteiger partial charge in [-0.1, -0.05) is 47.0 Å². The third-order valence-corrected chi connectivity index (χ3v) is 7.41. The van der Waals surface area contributed by atoms with Crippen LogP contribution < -0.4 is 4.74 Å². The first kappa shape index (κ1) is 23.6. The monoisotopic (exact) mass is 510 g/mol. The van der Waals surface area contributed by atoms with E-state index in [1.807, 2.05) is 6.07 Å². The highest BCUT2D eigenvalue weighted by Gasteiger charge is 2.33. The van der Waals surface area contributed by atoms with Gasteiger partial charge in [0.25, 0.3) is 0 Å². The summed E-state index contributed by atoms with van der Waals surface area (Å²) >= 11 is 13.0. The minimum atomic E-state index is -1.20. The number of rotatable bonds is 5. The van der Waals surface area contributed by atoms with Gasteiger partial charge in [0.2, 0.25) is 0 Å². The van der Waals surface area contributed by atoms with E-state index in [0.29, 0.717) is 28.9 Å². The average Bonchev–Trinajstić information content (AvgIpc) is 3.48. The normalized spacial score (nSPS) is 15.0. The fourth-order valence-electron chi connectivity index (χ4n) is 4.83. The molecule has 0 heterocycles. The highest BCUT2D eigenvalue weighted by Crippen LogP contribution is 2.44. The third kappa shape index (κ3) is 4.58. The number of carbonyl (C=O) groups is 2. The summed E-state index contributed by atoms with van der Waals surface area (Å²) in [6.07, 6.45) is 4.67. The number of ketones is 1. The molecule has 0 aromatic heterocycles. The van der Waals surface area contributed by atoms with Gasteiger partial charge in [0, 0.05) is 17.6 Å². The van der Waals surface area contributed by atoms with Gasteiger partial charge >= 0.3 is 5.97 Å². The summed E-state index contributed by atoms with van der Waals surface area (Å²) in [6.45, 7) is 0.158. The summed E-state index contributed by atoms with van der Waals surface area (Å²) in [7, 11) is 0. The molecule has 0 atom stereocenters. The lowest BCUT2D eigenvalue weighted by molar-refractivity contribution is 0.0696.